The molecule has 1 aliphatic rings. The molecule has 10 heteroatoms. The first-order chi connectivity index (χ1) is 13.3. The summed E-state index contributed by atoms with van der Waals surface area (Å²) in [4.78, 5) is 12.8. The predicted molar refractivity (Wildman–Crippen MR) is 104 cm³/mol. The lowest BCUT2D eigenvalue weighted by atomic mass is 10.1. The van der Waals surface area contributed by atoms with Crippen molar-refractivity contribution in [3.8, 4) is 5.69 Å². The van der Waals surface area contributed by atoms with E-state index in [1.807, 2.05) is 19.1 Å². The van der Waals surface area contributed by atoms with Crippen molar-refractivity contribution in [3.05, 3.63) is 59.4 Å². The molecule has 1 aliphatic heterocycles. The molecule has 144 valence electrons. The van der Waals surface area contributed by atoms with Gasteiger partial charge in [-0.3, -0.25) is 9.10 Å². The van der Waals surface area contributed by atoms with Crippen LogP contribution < -0.4 is 9.62 Å². The van der Waals surface area contributed by atoms with Gasteiger partial charge in [-0.2, -0.15) is 0 Å². The molecular formula is C18H18N6O3S. The van der Waals surface area contributed by atoms with Gasteiger partial charge in [0.15, 0.2) is 0 Å². The van der Waals surface area contributed by atoms with Crippen LogP contribution in [0.25, 0.3) is 5.69 Å². The Morgan fingerprint density at radius 2 is 2.00 bits per heavy atom. The molecule has 0 bridgehead atoms. The molecule has 3 aromatic rings. The van der Waals surface area contributed by atoms with Crippen molar-refractivity contribution < 1.29 is 13.2 Å². The van der Waals surface area contributed by atoms with Crippen molar-refractivity contribution >= 4 is 27.3 Å². The van der Waals surface area contributed by atoms with Gasteiger partial charge in [0.1, 0.15) is 6.33 Å². The van der Waals surface area contributed by atoms with E-state index in [9.17, 15) is 13.2 Å². The Morgan fingerprint density at radius 1 is 1.18 bits per heavy atom. The van der Waals surface area contributed by atoms with Crippen LogP contribution in [0.2, 0.25) is 0 Å². The highest BCUT2D eigenvalue weighted by atomic mass is 32.2. The van der Waals surface area contributed by atoms with E-state index in [1.165, 1.54) is 21.6 Å². The fraction of sp³-hybridized carbons (Fsp3) is 0.222. The Hall–Kier alpha value is -3.27. The molecule has 9 nitrogen and oxygen atoms in total. The van der Waals surface area contributed by atoms with Crippen LogP contribution in [0, 0.1) is 6.92 Å². The number of rotatable bonds is 4. The van der Waals surface area contributed by atoms with Gasteiger partial charge in [0, 0.05) is 17.8 Å². The van der Waals surface area contributed by atoms with Crippen LogP contribution in [-0.2, 0) is 16.4 Å². The molecule has 2 heterocycles. The third-order valence-electron chi connectivity index (χ3n) is 4.68. The first-order valence-electron chi connectivity index (χ1n) is 8.59. The summed E-state index contributed by atoms with van der Waals surface area (Å²) in [5, 5.41) is 14.0. The van der Waals surface area contributed by atoms with Gasteiger partial charge in [-0.1, -0.05) is 6.07 Å². The molecule has 2 aromatic carbocycles. The third kappa shape index (κ3) is 3.33. The average Bonchev–Trinajstić information content (AvgIpc) is 3.32. The maximum atomic E-state index is 12.8. The summed E-state index contributed by atoms with van der Waals surface area (Å²) in [6.45, 7) is 2.29. The van der Waals surface area contributed by atoms with E-state index in [0.717, 1.165) is 16.8 Å². The molecular weight excluding hydrogens is 380 g/mol. The molecule has 0 aliphatic carbocycles. The second-order valence-electron chi connectivity index (χ2n) is 6.64. The Morgan fingerprint density at radius 3 is 2.71 bits per heavy atom. The molecule has 0 saturated carbocycles. The van der Waals surface area contributed by atoms with Gasteiger partial charge in [-0.05, 0) is 65.2 Å². The number of sulfonamides is 1. The monoisotopic (exact) mass is 398 g/mol. The van der Waals surface area contributed by atoms with Crippen LogP contribution in [0.1, 0.15) is 21.5 Å². The number of fused-ring (bicyclic) bond motifs is 1. The zero-order valence-electron chi connectivity index (χ0n) is 15.3. The number of carbonyl (C=O) groups is 1. The highest BCUT2D eigenvalue weighted by Crippen LogP contribution is 2.31. The van der Waals surface area contributed by atoms with Gasteiger partial charge in [-0.25, -0.2) is 13.1 Å². The van der Waals surface area contributed by atoms with Crippen LogP contribution in [0.15, 0.2) is 42.7 Å². The molecule has 1 N–H and O–H groups in total. The number of tetrazole rings is 1. The number of benzene rings is 2. The van der Waals surface area contributed by atoms with Crippen molar-refractivity contribution in [1.29, 1.82) is 0 Å². The molecule has 4 rings (SSSR count). The largest absolute Gasteiger partial charge is 0.322 e. The van der Waals surface area contributed by atoms with Crippen molar-refractivity contribution in [3.63, 3.8) is 0 Å². The second kappa shape index (κ2) is 6.71. The molecule has 1 aromatic heterocycles. The number of amides is 1. The van der Waals surface area contributed by atoms with Crippen molar-refractivity contribution in [2.24, 2.45) is 0 Å². The fourth-order valence-electron chi connectivity index (χ4n) is 3.22. The topological polar surface area (TPSA) is 110 Å². The van der Waals surface area contributed by atoms with E-state index in [2.05, 4.69) is 20.8 Å². The SMILES string of the molecule is Cc1ccc(-n2cnnn2)cc1NC(=O)c1ccc2c(c1)CCN2S(C)(=O)=O. The van der Waals surface area contributed by atoms with Gasteiger partial charge in [0.2, 0.25) is 10.0 Å². The van der Waals surface area contributed by atoms with Crippen molar-refractivity contribution in [2.45, 2.75) is 13.3 Å². The van der Waals surface area contributed by atoms with Crippen LogP contribution in [0.3, 0.4) is 0 Å². The van der Waals surface area contributed by atoms with E-state index in [4.69, 9.17) is 0 Å². The Labute approximate surface area is 162 Å². The normalized spacial score (nSPS) is 13.4. The number of nitrogens with one attached hydrogen (secondary N) is 1. The van der Waals surface area contributed by atoms with Gasteiger partial charge < -0.3 is 5.32 Å². The lowest BCUT2D eigenvalue weighted by Gasteiger charge is -2.16. The zero-order chi connectivity index (χ0) is 19.9. The lowest BCUT2D eigenvalue weighted by molar-refractivity contribution is 0.102. The summed E-state index contributed by atoms with van der Waals surface area (Å²) < 4.78 is 26.6. The molecule has 28 heavy (non-hydrogen) atoms. The zero-order valence-corrected chi connectivity index (χ0v) is 16.1. The maximum Gasteiger partial charge on any atom is 0.255 e. The van der Waals surface area contributed by atoms with Crippen molar-refractivity contribution in [1.82, 2.24) is 20.2 Å². The van der Waals surface area contributed by atoms with E-state index < -0.39 is 10.0 Å². The van der Waals surface area contributed by atoms with Crippen LogP contribution >= 0.6 is 0 Å². The summed E-state index contributed by atoms with van der Waals surface area (Å²) in [7, 11) is -3.32. The predicted octanol–water partition coefficient (Wildman–Crippen LogP) is 1.55. The van der Waals surface area contributed by atoms with Gasteiger partial charge in [0.05, 0.1) is 17.6 Å². The summed E-state index contributed by atoms with van der Waals surface area (Å²) in [5.41, 5.74) is 4.23. The highest BCUT2D eigenvalue weighted by Gasteiger charge is 2.26. The minimum Gasteiger partial charge on any atom is -0.322 e. The number of carbonyl (C=O) groups excluding carboxylic acids is 1. The Kier molecular flexibility index (Phi) is 4.34. The second-order valence-corrected chi connectivity index (χ2v) is 8.54. The Balaban J connectivity index is 1.59. The van der Waals surface area contributed by atoms with E-state index in [-0.39, 0.29) is 5.91 Å². The minimum atomic E-state index is -3.32. The van der Waals surface area contributed by atoms with E-state index in [1.54, 1.807) is 24.3 Å². The van der Waals surface area contributed by atoms with Crippen LogP contribution in [0.5, 0.6) is 0 Å². The minimum absolute atomic E-state index is 0.266. The van der Waals surface area contributed by atoms with Crippen LogP contribution in [-0.4, -0.2) is 47.3 Å². The number of nitrogens with zero attached hydrogens (tertiary/aromatic N) is 5. The smallest absolute Gasteiger partial charge is 0.255 e. The first-order valence-corrected chi connectivity index (χ1v) is 10.4. The summed E-state index contributed by atoms with van der Waals surface area (Å²) in [6, 6.07) is 10.6. The number of hydrogen-bond donors (Lipinski definition) is 1. The quantitative estimate of drug-likeness (QED) is 0.714. The summed E-state index contributed by atoms with van der Waals surface area (Å²) >= 11 is 0. The van der Waals surface area contributed by atoms with E-state index in [0.29, 0.717) is 29.9 Å². The maximum absolute atomic E-state index is 12.8. The van der Waals surface area contributed by atoms with Gasteiger partial charge in [-0.15, -0.1) is 5.10 Å². The molecule has 0 atom stereocenters. The average molecular weight is 398 g/mol. The third-order valence-corrected chi connectivity index (χ3v) is 5.86. The molecule has 0 fully saturated rings. The fourth-order valence-corrected chi connectivity index (χ4v) is 4.18. The van der Waals surface area contributed by atoms with E-state index >= 15 is 0 Å². The summed E-state index contributed by atoms with van der Waals surface area (Å²) in [5.74, 6) is -0.266. The van der Waals surface area contributed by atoms with Crippen molar-refractivity contribution in [2.75, 3.05) is 22.4 Å². The van der Waals surface area contributed by atoms with Gasteiger partial charge in [0.25, 0.3) is 5.91 Å². The molecule has 0 spiro atoms. The molecule has 0 saturated heterocycles. The molecule has 0 unspecified atom stereocenters. The standard InChI is InChI=1S/C18H18N6O3S/c1-12-3-5-15(23-11-19-21-22-23)10-16(12)20-18(25)14-4-6-17-13(9-14)7-8-24(17)28(2,26)27/h3-6,9-11H,7-8H2,1-2H3,(H,20,25). The number of hydrogen-bond acceptors (Lipinski definition) is 6. The first kappa shape index (κ1) is 18.1. The molecule has 1 amide bonds. The number of anilines is 2. The van der Waals surface area contributed by atoms with Crippen LogP contribution in [0.4, 0.5) is 11.4 Å². The summed E-state index contributed by atoms with van der Waals surface area (Å²) in [6.07, 6.45) is 3.24. The number of aryl methyl sites for hydroxylation is 1. The number of aromatic nitrogens is 4. The van der Waals surface area contributed by atoms with Gasteiger partial charge >= 0.3 is 0 Å². The highest BCUT2D eigenvalue weighted by molar-refractivity contribution is 7.92. The molecule has 0 radical (unpaired) electrons. The lowest BCUT2D eigenvalue weighted by Crippen LogP contribution is -2.27. The Bertz CT molecular complexity index is 1160.